The summed E-state index contributed by atoms with van der Waals surface area (Å²) in [5, 5.41) is 0.973. The summed E-state index contributed by atoms with van der Waals surface area (Å²) in [7, 11) is 0. The molecule has 40 heavy (non-hydrogen) atoms. The molecular weight excluding hydrogens is 529 g/mol. The van der Waals surface area contributed by atoms with Gasteiger partial charge >= 0.3 is 23.9 Å². The largest absolute Gasteiger partial charge is 0.463 e. The predicted molar refractivity (Wildman–Crippen MR) is 136 cm³/mol. The molecule has 12 heteroatoms. The molecule has 3 aromatic rings. The van der Waals surface area contributed by atoms with E-state index in [1.165, 1.54) is 12.1 Å². The van der Waals surface area contributed by atoms with Gasteiger partial charge in [0.2, 0.25) is 12.4 Å². The van der Waals surface area contributed by atoms with Crippen LogP contribution in [0.1, 0.15) is 27.7 Å². The maximum Gasteiger partial charge on any atom is 0.303 e. The monoisotopic (exact) mass is 557 g/mol. The molecule has 1 saturated heterocycles. The summed E-state index contributed by atoms with van der Waals surface area (Å²) in [6, 6.07) is 13.8. The smallest absolute Gasteiger partial charge is 0.303 e. The third-order valence-electron chi connectivity index (χ3n) is 5.98. The van der Waals surface area contributed by atoms with Gasteiger partial charge in [0.15, 0.2) is 23.8 Å². The Bertz CT molecular complexity index is 1420. The van der Waals surface area contributed by atoms with E-state index in [0.29, 0.717) is 5.69 Å². The van der Waals surface area contributed by atoms with Gasteiger partial charge in [0.1, 0.15) is 12.7 Å². The van der Waals surface area contributed by atoms with Crippen molar-refractivity contribution in [2.45, 2.75) is 58.4 Å². The van der Waals surface area contributed by atoms with Gasteiger partial charge in [-0.1, -0.05) is 18.2 Å². The van der Waals surface area contributed by atoms with E-state index in [0.717, 1.165) is 38.6 Å². The number of carbonyl (C=O) groups is 4. The molecule has 1 aromatic heterocycles. The summed E-state index contributed by atoms with van der Waals surface area (Å²) in [5.41, 5.74) is 1.39. The van der Waals surface area contributed by atoms with Crippen molar-refractivity contribution in [1.82, 2.24) is 4.57 Å². The van der Waals surface area contributed by atoms with Crippen LogP contribution in [0.3, 0.4) is 0 Å². The van der Waals surface area contributed by atoms with E-state index in [-0.39, 0.29) is 5.75 Å². The fraction of sp³-hybridized carbons (Fsp3) is 0.357. The Labute approximate surface area is 228 Å². The van der Waals surface area contributed by atoms with E-state index in [1.54, 1.807) is 16.8 Å². The zero-order valence-corrected chi connectivity index (χ0v) is 22.2. The Morgan fingerprint density at radius 1 is 0.825 bits per heavy atom. The Balaban J connectivity index is 1.68. The first-order chi connectivity index (χ1) is 19.0. The van der Waals surface area contributed by atoms with Crippen molar-refractivity contribution in [2.75, 3.05) is 6.61 Å². The molecule has 5 atom stereocenters. The van der Waals surface area contributed by atoms with Crippen molar-refractivity contribution in [3.63, 3.8) is 0 Å². The molecule has 11 nitrogen and oxygen atoms in total. The van der Waals surface area contributed by atoms with E-state index in [9.17, 15) is 19.2 Å². The van der Waals surface area contributed by atoms with Crippen LogP contribution in [-0.2, 0) is 42.9 Å². The molecule has 212 valence electrons. The molecule has 1 aliphatic rings. The van der Waals surface area contributed by atoms with Crippen LogP contribution in [0.4, 0.5) is 4.39 Å². The number of halogens is 1. The van der Waals surface area contributed by atoms with E-state index in [4.69, 9.17) is 28.4 Å². The van der Waals surface area contributed by atoms with Crippen molar-refractivity contribution >= 4 is 34.8 Å². The molecule has 1 fully saturated rings. The summed E-state index contributed by atoms with van der Waals surface area (Å²) in [6.07, 6.45) is -5.22. The number of aromatic nitrogens is 1. The van der Waals surface area contributed by atoms with Gasteiger partial charge in [0, 0.05) is 45.6 Å². The molecule has 2 heterocycles. The molecule has 1 aliphatic heterocycles. The van der Waals surface area contributed by atoms with Gasteiger partial charge in [0.25, 0.3) is 0 Å². The van der Waals surface area contributed by atoms with Crippen LogP contribution < -0.4 is 4.74 Å². The number of esters is 4. The van der Waals surface area contributed by atoms with Crippen LogP contribution in [0.2, 0.25) is 0 Å². The fourth-order valence-corrected chi connectivity index (χ4v) is 4.45. The molecular formula is C28H28FNO10. The number of hydrogen-bond acceptors (Lipinski definition) is 10. The highest BCUT2D eigenvalue weighted by Gasteiger charge is 2.53. The second kappa shape index (κ2) is 12.2. The lowest BCUT2D eigenvalue weighted by atomic mass is 9.98. The maximum absolute atomic E-state index is 15.4. The van der Waals surface area contributed by atoms with Crippen LogP contribution in [0, 0.1) is 5.82 Å². The average Bonchev–Trinajstić information content (AvgIpc) is 3.31. The van der Waals surface area contributed by atoms with E-state index in [1.807, 2.05) is 30.3 Å². The summed E-state index contributed by atoms with van der Waals surface area (Å²) in [4.78, 5) is 47.3. The van der Waals surface area contributed by atoms with Crippen LogP contribution in [0.5, 0.6) is 5.75 Å². The highest BCUT2D eigenvalue weighted by atomic mass is 19.1. The Kier molecular flexibility index (Phi) is 8.68. The van der Waals surface area contributed by atoms with Crippen molar-refractivity contribution in [1.29, 1.82) is 0 Å². The third kappa shape index (κ3) is 6.57. The van der Waals surface area contributed by atoms with Crippen LogP contribution in [-0.4, -0.2) is 65.8 Å². The molecule has 0 N–H and O–H groups in total. The predicted octanol–water partition coefficient (Wildman–Crippen LogP) is 3.23. The van der Waals surface area contributed by atoms with Gasteiger partial charge in [-0.2, -0.15) is 0 Å². The van der Waals surface area contributed by atoms with Crippen molar-refractivity contribution in [3.05, 3.63) is 60.5 Å². The van der Waals surface area contributed by atoms with Crippen LogP contribution in [0.15, 0.2) is 54.7 Å². The molecule has 0 aliphatic carbocycles. The number of rotatable bonds is 8. The Morgan fingerprint density at radius 3 is 2.12 bits per heavy atom. The molecule has 2 unspecified atom stereocenters. The van der Waals surface area contributed by atoms with Gasteiger partial charge in [-0.3, -0.25) is 19.2 Å². The zero-order valence-electron chi connectivity index (χ0n) is 22.2. The minimum atomic E-state index is -1.55. The van der Waals surface area contributed by atoms with E-state index < -0.39 is 67.0 Å². The quantitative estimate of drug-likeness (QED) is 0.301. The lowest BCUT2D eigenvalue weighted by molar-refractivity contribution is -0.288. The number of hydrogen-bond donors (Lipinski definition) is 0. The summed E-state index contributed by atoms with van der Waals surface area (Å²) < 4.78 is 49.9. The van der Waals surface area contributed by atoms with Gasteiger partial charge in [-0.15, -0.1) is 0 Å². The lowest BCUT2D eigenvalue weighted by Gasteiger charge is -2.43. The lowest BCUT2D eigenvalue weighted by Crippen LogP contribution is -2.63. The highest BCUT2D eigenvalue weighted by Crippen LogP contribution is 2.32. The molecule has 0 spiro atoms. The summed E-state index contributed by atoms with van der Waals surface area (Å²) >= 11 is 0. The molecule has 0 amide bonds. The normalized spacial score (nSPS) is 22.3. The van der Waals surface area contributed by atoms with Gasteiger partial charge in [0.05, 0.1) is 5.52 Å². The first-order valence-electron chi connectivity index (χ1n) is 12.4. The third-order valence-corrected chi connectivity index (χ3v) is 5.98. The summed E-state index contributed by atoms with van der Waals surface area (Å²) in [6.45, 7) is 4.05. The minimum absolute atomic E-state index is 0.263. The first-order valence-corrected chi connectivity index (χ1v) is 12.4. The van der Waals surface area contributed by atoms with Crippen LogP contribution in [0.25, 0.3) is 16.6 Å². The number of nitrogens with zero attached hydrogens (tertiary/aromatic N) is 1. The average molecular weight is 558 g/mol. The van der Waals surface area contributed by atoms with Gasteiger partial charge in [-0.25, -0.2) is 4.39 Å². The fourth-order valence-electron chi connectivity index (χ4n) is 4.45. The van der Waals surface area contributed by atoms with Gasteiger partial charge < -0.3 is 33.0 Å². The van der Waals surface area contributed by atoms with Crippen LogP contribution >= 0.6 is 0 Å². The molecule has 4 rings (SSSR count). The number of carbonyl (C=O) groups excluding carboxylic acids is 4. The first kappa shape index (κ1) is 28.6. The summed E-state index contributed by atoms with van der Waals surface area (Å²) in [5.74, 6) is -4.04. The molecule has 2 aromatic carbocycles. The van der Waals surface area contributed by atoms with Gasteiger partial charge in [-0.05, 0) is 29.7 Å². The molecule has 0 radical (unpaired) electrons. The van der Waals surface area contributed by atoms with Crippen molar-refractivity contribution in [3.8, 4) is 11.4 Å². The number of fused-ring (bicyclic) bond motifs is 1. The van der Waals surface area contributed by atoms with Crippen molar-refractivity contribution < 1.29 is 52.0 Å². The number of ether oxygens (including phenoxy) is 6. The number of para-hydroxylation sites is 1. The Hall–Kier alpha value is -4.45. The van der Waals surface area contributed by atoms with E-state index in [2.05, 4.69) is 0 Å². The minimum Gasteiger partial charge on any atom is -0.463 e. The second-order valence-corrected chi connectivity index (χ2v) is 9.04. The topological polar surface area (TPSA) is 129 Å². The zero-order chi connectivity index (χ0) is 29.0. The maximum atomic E-state index is 15.4. The number of benzene rings is 2. The highest BCUT2D eigenvalue weighted by molar-refractivity contribution is 5.81. The molecule has 0 bridgehead atoms. The van der Waals surface area contributed by atoms with E-state index >= 15 is 4.39 Å². The SMILES string of the molecule is CC(=O)OCC1O[C@H](Oc2ccc(-n3ccc4ccccc43)cc2F)[C@H](OC(C)=O)C(OC(C)=O)[C@@H]1OC(C)=O. The van der Waals surface area contributed by atoms with Crippen molar-refractivity contribution in [2.24, 2.45) is 0 Å². The Morgan fingerprint density at radius 2 is 1.48 bits per heavy atom. The standard InChI is InChI=1S/C28H28FNO10/c1-15(31)35-14-24-25(36-16(2)32)26(37-17(3)33)27(38-18(4)34)28(40-24)39-23-10-9-20(13-21(23)29)30-12-11-19-7-5-6-8-22(19)30/h5-13,24-28H,14H2,1-4H3/t24?,25-,26?,27-,28+/m1/s1. The second-order valence-electron chi connectivity index (χ2n) is 9.04. The molecule has 0 saturated carbocycles.